The van der Waals surface area contributed by atoms with Crippen LogP contribution in [-0.4, -0.2) is 18.2 Å². The molecule has 1 saturated carbocycles. The minimum absolute atomic E-state index is 0.319. The summed E-state index contributed by atoms with van der Waals surface area (Å²) < 4.78 is 6.11. The molecule has 92 valence electrons. The third kappa shape index (κ3) is 2.46. The van der Waals surface area contributed by atoms with E-state index in [1.165, 1.54) is 12.8 Å². The minimum Gasteiger partial charge on any atom is -0.495 e. The van der Waals surface area contributed by atoms with Gasteiger partial charge in [-0.15, -0.1) is 0 Å². The van der Waals surface area contributed by atoms with E-state index in [4.69, 9.17) is 9.84 Å². The van der Waals surface area contributed by atoms with Crippen LogP contribution in [0.1, 0.15) is 47.5 Å². The summed E-state index contributed by atoms with van der Waals surface area (Å²) in [4.78, 5) is 11.1. The van der Waals surface area contributed by atoms with Crippen molar-refractivity contribution in [2.45, 2.75) is 31.6 Å². The predicted molar refractivity (Wildman–Crippen MR) is 68.9 cm³/mol. The smallest absolute Gasteiger partial charge is 0.335 e. The average molecular weight is 299 g/mol. The number of rotatable bonds is 3. The summed E-state index contributed by atoms with van der Waals surface area (Å²) in [6.45, 7) is 0. The number of ether oxygens (including phenoxy) is 1. The van der Waals surface area contributed by atoms with Gasteiger partial charge in [0.15, 0.2) is 0 Å². The molecule has 0 amide bonds. The first-order valence-electron chi connectivity index (χ1n) is 5.74. The molecule has 0 unspecified atom stereocenters. The molecule has 0 spiro atoms. The number of methoxy groups -OCH3 is 1. The van der Waals surface area contributed by atoms with Crippen LogP contribution in [0.25, 0.3) is 0 Å². The van der Waals surface area contributed by atoms with Crippen molar-refractivity contribution in [1.82, 2.24) is 0 Å². The average Bonchev–Trinajstić information content (AvgIpc) is 2.81. The number of benzene rings is 1. The van der Waals surface area contributed by atoms with Crippen LogP contribution in [0, 0.1) is 0 Å². The topological polar surface area (TPSA) is 46.5 Å². The number of carboxylic acid groups (broad SMARTS) is 1. The van der Waals surface area contributed by atoms with Crippen molar-refractivity contribution in [1.29, 1.82) is 0 Å². The number of carboxylic acids is 1. The lowest BCUT2D eigenvalue weighted by Gasteiger charge is -2.16. The number of hydrogen-bond donors (Lipinski definition) is 1. The van der Waals surface area contributed by atoms with Gasteiger partial charge in [-0.2, -0.15) is 0 Å². The van der Waals surface area contributed by atoms with Gasteiger partial charge in [0.05, 0.1) is 17.1 Å². The Kier molecular flexibility index (Phi) is 3.72. The summed E-state index contributed by atoms with van der Waals surface area (Å²) in [5.41, 5.74) is 1.34. The molecule has 4 heteroatoms. The Balaban J connectivity index is 2.49. The fraction of sp³-hybridized carbons (Fsp3) is 0.462. The maximum atomic E-state index is 11.1. The third-order valence-electron chi connectivity index (χ3n) is 3.32. The van der Waals surface area contributed by atoms with Crippen LogP contribution < -0.4 is 4.74 Å². The van der Waals surface area contributed by atoms with E-state index in [2.05, 4.69) is 15.9 Å². The van der Waals surface area contributed by atoms with Crippen molar-refractivity contribution in [3.05, 3.63) is 27.7 Å². The second-order valence-electron chi connectivity index (χ2n) is 4.37. The molecule has 1 aliphatic rings. The highest BCUT2D eigenvalue weighted by atomic mass is 79.9. The molecular weight excluding hydrogens is 284 g/mol. The fourth-order valence-electron chi connectivity index (χ4n) is 2.49. The molecule has 2 rings (SSSR count). The van der Waals surface area contributed by atoms with Gasteiger partial charge in [-0.3, -0.25) is 0 Å². The van der Waals surface area contributed by atoms with Gasteiger partial charge >= 0.3 is 5.97 Å². The summed E-state index contributed by atoms with van der Waals surface area (Å²) in [7, 11) is 1.62. The zero-order chi connectivity index (χ0) is 12.4. The molecule has 0 bridgehead atoms. The van der Waals surface area contributed by atoms with Crippen LogP contribution in [-0.2, 0) is 0 Å². The normalized spacial score (nSPS) is 16.1. The molecule has 1 aromatic rings. The van der Waals surface area contributed by atoms with Crippen LogP contribution in [0.15, 0.2) is 16.6 Å². The highest BCUT2D eigenvalue weighted by Gasteiger charge is 2.23. The first kappa shape index (κ1) is 12.4. The van der Waals surface area contributed by atoms with Gasteiger partial charge in [0.25, 0.3) is 0 Å². The van der Waals surface area contributed by atoms with Crippen LogP contribution in [0.2, 0.25) is 0 Å². The Morgan fingerprint density at radius 1 is 1.41 bits per heavy atom. The zero-order valence-corrected chi connectivity index (χ0v) is 11.3. The summed E-state index contributed by atoms with van der Waals surface area (Å²) in [6.07, 6.45) is 4.66. The number of hydrogen-bond acceptors (Lipinski definition) is 2. The molecule has 0 heterocycles. The van der Waals surface area contributed by atoms with Crippen molar-refractivity contribution < 1.29 is 14.6 Å². The first-order chi connectivity index (χ1) is 8.13. The molecule has 3 nitrogen and oxygen atoms in total. The molecule has 1 N–H and O–H groups in total. The summed E-state index contributed by atoms with van der Waals surface area (Å²) in [5, 5.41) is 9.08. The zero-order valence-electron chi connectivity index (χ0n) is 9.70. The molecule has 0 radical (unpaired) electrons. The Hall–Kier alpha value is -1.03. The Bertz CT molecular complexity index is 437. The van der Waals surface area contributed by atoms with Gasteiger partial charge in [0.2, 0.25) is 0 Å². The highest BCUT2D eigenvalue weighted by Crippen LogP contribution is 2.42. The Labute approximate surface area is 109 Å². The van der Waals surface area contributed by atoms with Crippen LogP contribution in [0.3, 0.4) is 0 Å². The van der Waals surface area contributed by atoms with E-state index in [0.717, 1.165) is 28.6 Å². The van der Waals surface area contributed by atoms with Crippen LogP contribution in [0.4, 0.5) is 0 Å². The van der Waals surface area contributed by atoms with E-state index in [0.29, 0.717) is 11.5 Å². The van der Waals surface area contributed by atoms with E-state index >= 15 is 0 Å². The molecule has 1 aromatic carbocycles. The Morgan fingerprint density at radius 2 is 2.06 bits per heavy atom. The quantitative estimate of drug-likeness (QED) is 0.923. The molecule has 1 aliphatic carbocycles. The van der Waals surface area contributed by atoms with Gasteiger partial charge in [-0.1, -0.05) is 12.8 Å². The van der Waals surface area contributed by atoms with Crippen molar-refractivity contribution in [2.75, 3.05) is 7.11 Å². The molecule has 0 saturated heterocycles. The molecule has 1 fully saturated rings. The van der Waals surface area contributed by atoms with Crippen molar-refractivity contribution in [3.63, 3.8) is 0 Å². The maximum Gasteiger partial charge on any atom is 0.335 e. The predicted octanol–water partition coefficient (Wildman–Crippen LogP) is 3.81. The third-order valence-corrected chi connectivity index (χ3v) is 3.91. The maximum absolute atomic E-state index is 11.1. The van der Waals surface area contributed by atoms with Crippen molar-refractivity contribution >= 4 is 21.9 Å². The molecule has 0 aromatic heterocycles. The van der Waals surface area contributed by atoms with Gasteiger partial charge < -0.3 is 9.84 Å². The minimum atomic E-state index is -0.896. The molecule has 0 atom stereocenters. The lowest BCUT2D eigenvalue weighted by molar-refractivity contribution is 0.0696. The lowest BCUT2D eigenvalue weighted by atomic mass is 9.95. The van der Waals surface area contributed by atoms with Gasteiger partial charge in [-0.25, -0.2) is 4.79 Å². The van der Waals surface area contributed by atoms with E-state index < -0.39 is 5.97 Å². The second-order valence-corrected chi connectivity index (χ2v) is 5.22. The Morgan fingerprint density at radius 3 is 2.59 bits per heavy atom. The van der Waals surface area contributed by atoms with Crippen LogP contribution >= 0.6 is 15.9 Å². The summed E-state index contributed by atoms with van der Waals surface area (Å²) in [6, 6.07) is 3.35. The lowest BCUT2D eigenvalue weighted by Crippen LogP contribution is -2.03. The van der Waals surface area contributed by atoms with Crippen molar-refractivity contribution in [3.8, 4) is 5.75 Å². The number of carbonyl (C=O) groups is 1. The van der Waals surface area contributed by atoms with E-state index in [1.54, 1.807) is 19.2 Å². The number of halogens is 1. The van der Waals surface area contributed by atoms with E-state index in [-0.39, 0.29) is 0 Å². The van der Waals surface area contributed by atoms with E-state index in [9.17, 15) is 4.79 Å². The largest absolute Gasteiger partial charge is 0.495 e. The molecule has 0 aliphatic heterocycles. The van der Waals surface area contributed by atoms with Gasteiger partial charge in [0, 0.05) is 0 Å². The van der Waals surface area contributed by atoms with Gasteiger partial charge in [-0.05, 0) is 52.4 Å². The summed E-state index contributed by atoms with van der Waals surface area (Å²) in [5.74, 6) is 0.315. The molecular formula is C13H15BrO3. The fourth-order valence-corrected chi connectivity index (χ4v) is 3.13. The van der Waals surface area contributed by atoms with Crippen LogP contribution in [0.5, 0.6) is 5.75 Å². The SMILES string of the molecule is COc1c(Br)cc(C(=O)O)cc1C1CCCC1. The number of aromatic carboxylic acids is 1. The summed E-state index contributed by atoms with van der Waals surface area (Å²) >= 11 is 3.39. The first-order valence-corrected chi connectivity index (χ1v) is 6.53. The monoisotopic (exact) mass is 298 g/mol. The van der Waals surface area contributed by atoms with Gasteiger partial charge in [0.1, 0.15) is 5.75 Å². The van der Waals surface area contributed by atoms with E-state index in [1.807, 2.05) is 0 Å². The van der Waals surface area contributed by atoms with Crippen molar-refractivity contribution in [2.24, 2.45) is 0 Å². The molecule has 17 heavy (non-hydrogen) atoms. The highest BCUT2D eigenvalue weighted by molar-refractivity contribution is 9.10. The standard InChI is InChI=1S/C13H15BrO3/c1-17-12-10(8-4-2-3-5-8)6-9(13(15)16)7-11(12)14/h6-8H,2-5H2,1H3,(H,15,16). The second kappa shape index (κ2) is 5.08.